The Hall–Kier alpha value is -4.79. The monoisotopic (exact) mass is 568 g/mol. The number of aromatic nitrogens is 2. The lowest BCUT2D eigenvalue weighted by Crippen LogP contribution is -2.47. The van der Waals surface area contributed by atoms with Gasteiger partial charge in [-0.3, -0.25) is 9.08 Å². The minimum Gasteiger partial charge on any atom is -0.497 e. The van der Waals surface area contributed by atoms with Gasteiger partial charge in [0, 0.05) is 29.4 Å². The Morgan fingerprint density at radius 3 is 2.59 bits per heavy atom. The lowest BCUT2D eigenvalue weighted by atomic mass is 10.0. The maximum Gasteiger partial charge on any atom is 0.335 e. The highest BCUT2D eigenvalue weighted by atomic mass is 32.2. The van der Waals surface area contributed by atoms with Crippen molar-refractivity contribution in [3.8, 4) is 11.8 Å². The van der Waals surface area contributed by atoms with Crippen LogP contribution in [0.25, 0.3) is 0 Å². The molecule has 4 aromatic rings. The molecule has 1 aromatic heterocycles. The lowest BCUT2D eigenvalue weighted by Gasteiger charge is -2.40. The van der Waals surface area contributed by atoms with E-state index < -0.39 is 11.1 Å². The largest absolute Gasteiger partial charge is 0.497 e. The molecule has 0 saturated carbocycles. The van der Waals surface area contributed by atoms with Crippen molar-refractivity contribution in [1.82, 2.24) is 9.97 Å². The highest BCUT2D eigenvalue weighted by Gasteiger charge is 2.39. The highest BCUT2D eigenvalue weighted by Crippen LogP contribution is 2.42. The Morgan fingerprint density at radius 2 is 1.85 bits per heavy atom. The normalized spacial score (nSPS) is 15.2. The van der Waals surface area contributed by atoms with Crippen LogP contribution < -0.4 is 19.9 Å². The van der Waals surface area contributed by atoms with Crippen LogP contribution in [-0.2, 0) is 21.7 Å². The predicted molar refractivity (Wildman–Crippen MR) is 158 cm³/mol. The van der Waals surface area contributed by atoms with Gasteiger partial charge in [0.25, 0.3) is 0 Å². The van der Waals surface area contributed by atoms with Gasteiger partial charge in [-0.15, -0.1) is 0 Å². The molecule has 2 unspecified atom stereocenters. The van der Waals surface area contributed by atoms with E-state index in [-0.39, 0.29) is 12.1 Å². The quantitative estimate of drug-likeness (QED) is 0.269. The summed E-state index contributed by atoms with van der Waals surface area (Å²) in [5.74, 6) is 1.42. The minimum absolute atomic E-state index is 0.311. The molecule has 41 heavy (non-hydrogen) atoms. The Bertz CT molecular complexity index is 1640. The summed E-state index contributed by atoms with van der Waals surface area (Å²) in [5, 5.41) is 12.8. The van der Waals surface area contributed by atoms with Crippen LogP contribution in [0.5, 0.6) is 5.75 Å². The maximum absolute atomic E-state index is 14.1. The van der Waals surface area contributed by atoms with Crippen LogP contribution in [0.15, 0.2) is 79.0 Å². The van der Waals surface area contributed by atoms with Gasteiger partial charge in [0.2, 0.25) is 5.95 Å². The molecule has 5 rings (SSSR count). The van der Waals surface area contributed by atoms with E-state index in [1.54, 1.807) is 54.6 Å². The van der Waals surface area contributed by atoms with Crippen LogP contribution in [-0.4, -0.2) is 40.2 Å². The number of hydrogen-bond acceptors (Lipinski definition) is 8. The van der Waals surface area contributed by atoms with Crippen molar-refractivity contribution in [3.63, 3.8) is 0 Å². The Labute approximate surface area is 240 Å². The molecular weight excluding hydrogens is 540 g/mol. The summed E-state index contributed by atoms with van der Waals surface area (Å²) in [5.41, 5.74) is 4.12. The van der Waals surface area contributed by atoms with Gasteiger partial charge >= 0.3 is 6.03 Å². The van der Waals surface area contributed by atoms with Crippen molar-refractivity contribution in [2.24, 2.45) is 0 Å². The molecule has 1 aliphatic heterocycles. The molecule has 0 radical (unpaired) electrons. The number of benzene rings is 3. The number of rotatable bonds is 9. The average molecular weight is 569 g/mol. The number of nitrogens with one attached hydrogen (secondary N) is 1. The van der Waals surface area contributed by atoms with Crippen molar-refractivity contribution in [1.29, 1.82) is 5.26 Å². The van der Waals surface area contributed by atoms with Crippen molar-refractivity contribution in [3.05, 3.63) is 95.7 Å². The van der Waals surface area contributed by atoms with Gasteiger partial charge in [0.1, 0.15) is 5.75 Å². The van der Waals surface area contributed by atoms with Gasteiger partial charge in [0.05, 0.1) is 37.1 Å². The average Bonchev–Trinajstić information content (AvgIpc) is 2.98. The molecule has 1 aliphatic rings. The smallest absolute Gasteiger partial charge is 0.335 e. The molecule has 11 heteroatoms. The number of nitriles is 1. The summed E-state index contributed by atoms with van der Waals surface area (Å²) in [7, 11) is 1.59. The van der Waals surface area contributed by atoms with Crippen LogP contribution in [0.3, 0.4) is 0 Å². The fraction of sp³-hybridized carbons (Fsp3) is 0.200. The van der Waals surface area contributed by atoms with Gasteiger partial charge in [0.15, 0.2) is 16.9 Å². The van der Waals surface area contributed by atoms with Gasteiger partial charge < -0.3 is 10.1 Å². The third-order valence-electron chi connectivity index (χ3n) is 6.65. The maximum atomic E-state index is 14.1. The molecule has 0 saturated heterocycles. The minimum atomic E-state index is -1.32. The van der Waals surface area contributed by atoms with E-state index in [2.05, 4.69) is 16.4 Å². The molecule has 0 aliphatic carbocycles. The van der Waals surface area contributed by atoms with Crippen LogP contribution in [0.1, 0.15) is 29.7 Å². The second-order valence-electron chi connectivity index (χ2n) is 9.30. The van der Waals surface area contributed by atoms with Gasteiger partial charge in [-0.1, -0.05) is 18.2 Å². The number of amides is 2. The van der Waals surface area contributed by atoms with Gasteiger partial charge in [-0.2, -0.15) is 10.2 Å². The number of ether oxygens (including phenoxy) is 1. The van der Waals surface area contributed by atoms with E-state index >= 15 is 0 Å². The summed E-state index contributed by atoms with van der Waals surface area (Å²) < 4.78 is 21.7. The third kappa shape index (κ3) is 6.04. The molecule has 0 spiro atoms. The molecule has 10 nitrogen and oxygen atoms in total. The second kappa shape index (κ2) is 12.2. The predicted octanol–water partition coefficient (Wildman–Crippen LogP) is 5.79. The van der Waals surface area contributed by atoms with Crippen LogP contribution >= 0.6 is 0 Å². The molecule has 0 bridgehead atoms. The van der Waals surface area contributed by atoms with Crippen molar-refractivity contribution < 1.29 is 17.9 Å². The zero-order valence-electron chi connectivity index (χ0n) is 22.8. The van der Waals surface area contributed by atoms with Crippen molar-refractivity contribution in [2.45, 2.75) is 19.4 Å². The second-order valence-corrected chi connectivity index (χ2v) is 10.3. The standard InChI is InChI=1S/C30H28N6O4S/c1-20-27-19-32-29(33-23-8-4-6-21(16-23)14-15-40-41(3)38)34-28(27)36(25-9-5-7-22(17-25)18-31)30(37)35(20)24-10-12-26(39-2)13-11-24/h4-13,16-17,19-20H,14-15H2,1-3H3,(H,32,33,34). The molecule has 2 heterocycles. The fourth-order valence-corrected chi connectivity index (χ4v) is 4.97. The summed E-state index contributed by atoms with van der Waals surface area (Å²) in [6, 6.07) is 23.3. The van der Waals surface area contributed by atoms with E-state index in [4.69, 9.17) is 13.9 Å². The van der Waals surface area contributed by atoms with Crippen molar-refractivity contribution in [2.75, 3.05) is 35.1 Å². The zero-order chi connectivity index (χ0) is 28.9. The summed E-state index contributed by atoms with van der Waals surface area (Å²) in [6.07, 6.45) is 3.80. The highest BCUT2D eigenvalue weighted by molar-refractivity contribution is 7.79. The first-order valence-corrected chi connectivity index (χ1v) is 14.3. The molecular formula is C30H28N6O4S. The lowest BCUT2D eigenvalue weighted by molar-refractivity contribution is 0.250. The Kier molecular flexibility index (Phi) is 8.24. The first kappa shape index (κ1) is 27.8. The van der Waals surface area contributed by atoms with E-state index in [1.807, 2.05) is 43.3 Å². The van der Waals surface area contributed by atoms with Gasteiger partial charge in [-0.05, 0) is 73.5 Å². The van der Waals surface area contributed by atoms with E-state index in [0.29, 0.717) is 47.5 Å². The molecule has 2 amide bonds. The Balaban J connectivity index is 1.52. The third-order valence-corrected chi connectivity index (χ3v) is 7.15. The van der Waals surface area contributed by atoms with E-state index in [0.717, 1.165) is 16.8 Å². The number of fused-ring (bicyclic) bond motifs is 1. The summed E-state index contributed by atoms with van der Waals surface area (Å²) in [6.45, 7) is 2.26. The zero-order valence-corrected chi connectivity index (χ0v) is 23.6. The van der Waals surface area contributed by atoms with Gasteiger partial charge in [-0.25, -0.2) is 18.9 Å². The van der Waals surface area contributed by atoms with E-state index in [1.165, 1.54) is 11.2 Å². The number of methoxy groups -OCH3 is 1. The number of anilines is 5. The first-order valence-electron chi connectivity index (χ1n) is 12.8. The van der Waals surface area contributed by atoms with Crippen LogP contribution in [0.2, 0.25) is 0 Å². The Morgan fingerprint density at radius 1 is 1.07 bits per heavy atom. The van der Waals surface area contributed by atoms with Crippen LogP contribution in [0, 0.1) is 11.3 Å². The molecule has 3 aromatic carbocycles. The first-order chi connectivity index (χ1) is 19.9. The van der Waals surface area contributed by atoms with Crippen molar-refractivity contribution >= 4 is 45.9 Å². The summed E-state index contributed by atoms with van der Waals surface area (Å²) in [4.78, 5) is 26.7. The molecule has 208 valence electrons. The molecule has 1 N–H and O–H groups in total. The summed E-state index contributed by atoms with van der Waals surface area (Å²) >= 11 is -1.32. The number of nitrogens with zero attached hydrogens (tertiary/aromatic N) is 5. The number of carbonyl (C=O) groups is 1. The van der Waals surface area contributed by atoms with Crippen LogP contribution in [0.4, 0.5) is 33.6 Å². The molecule has 2 atom stereocenters. The SMILES string of the molecule is COc1ccc(N2C(=O)N(c3cccc(C#N)c3)c3nc(Nc4cccc(CCOS(C)=O)c4)ncc3C2C)cc1. The number of carbonyl (C=O) groups excluding carboxylic acids is 1. The fourth-order valence-electron chi connectivity index (χ4n) is 4.65. The number of urea groups is 1. The van der Waals surface area contributed by atoms with E-state index in [9.17, 15) is 14.3 Å². The molecule has 0 fully saturated rings. The number of hydrogen-bond donors (Lipinski definition) is 1. The topological polar surface area (TPSA) is 121 Å².